The standard InChI is InChI=1S/C16H29N3O4S.3H2/c1-5-12(4)13(20)8-17-15(22)10-19-16(23)9-18-14(21)6-7-24-11(2)3;;;/h11-12H,5-10H2,1-4H3,(H,17,22)(H,18,21)(H,19,23);3*1H. The van der Waals surface area contributed by atoms with Crippen LogP contribution in [0.25, 0.3) is 0 Å². The van der Waals surface area contributed by atoms with Gasteiger partial charge in [-0.1, -0.05) is 27.7 Å². The highest BCUT2D eigenvalue weighted by Gasteiger charge is 2.12. The fraction of sp³-hybridized carbons (Fsp3) is 0.750. The normalized spacial score (nSPS) is 11.7. The number of nitrogens with one attached hydrogen (secondary N) is 3. The fourth-order valence-electron chi connectivity index (χ4n) is 1.55. The van der Waals surface area contributed by atoms with E-state index in [1.54, 1.807) is 18.7 Å². The molecule has 3 amide bonds. The Morgan fingerprint density at radius 1 is 0.875 bits per heavy atom. The zero-order chi connectivity index (χ0) is 18.5. The van der Waals surface area contributed by atoms with Crippen LogP contribution in [0.1, 0.15) is 44.8 Å². The molecular weight excluding hydrogens is 330 g/mol. The average molecular weight is 366 g/mol. The highest BCUT2D eigenvalue weighted by molar-refractivity contribution is 7.99. The molecule has 0 saturated carbocycles. The lowest BCUT2D eigenvalue weighted by molar-refractivity contribution is -0.128. The van der Waals surface area contributed by atoms with Gasteiger partial charge in [0.05, 0.1) is 19.6 Å². The third-order valence-corrected chi connectivity index (χ3v) is 4.40. The summed E-state index contributed by atoms with van der Waals surface area (Å²) in [4.78, 5) is 46.2. The van der Waals surface area contributed by atoms with Gasteiger partial charge >= 0.3 is 0 Å². The van der Waals surface area contributed by atoms with Gasteiger partial charge in [0, 0.05) is 22.4 Å². The van der Waals surface area contributed by atoms with E-state index in [2.05, 4.69) is 29.8 Å². The largest absolute Gasteiger partial charge is 0.347 e. The zero-order valence-electron chi connectivity index (χ0n) is 14.9. The smallest absolute Gasteiger partial charge is 0.239 e. The number of Topliss-reactive ketones (excluding diaryl/α,β-unsaturated/α-hetero) is 1. The Bertz CT molecular complexity index is 455. The first-order chi connectivity index (χ1) is 11.3. The molecule has 0 fully saturated rings. The van der Waals surface area contributed by atoms with Gasteiger partial charge in [-0.15, -0.1) is 0 Å². The number of rotatable bonds is 12. The molecular formula is C16H35N3O4S. The lowest BCUT2D eigenvalue weighted by atomic mass is 10.0. The first kappa shape index (κ1) is 22.4. The van der Waals surface area contributed by atoms with Gasteiger partial charge in [0.2, 0.25) is 17.7 Å². The lowest BCUT2D eigenvalue weighted by Gasteiger charge is -2.10. The minimum absolute atomic E-state index is 0. The van der Waals surface area contributed by atoms with Crippen molar-refractivity contribution in [3.63, 3.8) is 0 Å². The average Bonchev–Trinajstić information content (AvgIpc) is 2.54. The van der Waals surface area contributed by atoms with Crippen LogP contribution < -0.4 is 16.0 Å². The predicted octanol–water partition coefficient (Wildman–Crippen LogP) is 1.22. The van der Waals surface area contributed by atoms with Crippen molar-refractivity contribution in [1.82, 2.24) is 16.0 Å². The highest BCUT2D eigenvalue weighted by Crippen LogP contribution is 2.09. The van der Waals surface area contributed by atoms with Crippen molar-refractivity contribution >= 4 is 35.3 Å². The predicted molar refractivity (Wildman–Crippen MR) is 102 cm³/mol. The minimum atomic E-state index is -0.441. The summed E-state index contributed by atoms with van der Waals surface area (Å²) in [6, 6.07) is 0. The van der Waals surface area contributed by atoms with Crippen molar-refractivity contribution in [2.45, 2.75) is 45.8 Å². The Labute approximate surface area is 152 Å². The molecule has 144 valence electrons. The lowest BCUT2D eigenvalue weighted by Crippen LogP contribution is -2.43. The van der Waals surface area contributed by atoms with Crippen LogP contribution in [0.15, 0.2) is 0 Å². The zero-order valence-corrected chi connectivity index (χ0v) is 15.8. The van der Waals surface area contributed by atoms with Gasteiger partial charge in [-0.2, -0.15) is 11.8 Å². The molecule has 8 heteroatoms. The second-order valence-electron chi connectivity index (χ2n) is 5.78. The van der Waals surface area contributed by atoms with E-state index in [9.17, 15) is 19.2 Å². The summed E-state index contributed by atoms with van der Waals surface area (Å²) >= 11 is 1.68. The van der Waals surface area contributed by atoms with Crippen LogP contribution in [0.4, 0.5) is 0 Å². The van der Waals surface area contributed by atoms with Crippen LogP contribution in [0, 0.1) is 5.92 Å². The molecule has 1 atom stereocenters. The van der Waals surface area contributed by atoms with Gasteiger partial charge in [0.25, 0.3) is 0 Å². The van der Waals surface area contributed by atoms with Crippen molar-refractivity contribution in [2.75, 3.05) is 25.4 Å². The molecule has 0 aliphatic rings. The van der Waals surface area contributed by atoms with Gasteiger partial charge < -0.3 is 16.0 Å². The summed E-state index contributed by atoms with van der Waals surface area (Å²) in [6.45, 7) is 7.40. The molecule has 1 unspecified atom stereocenters. The first-order valence-corrected chi connectivity index (χ1v) is 9.25. The molecule has 0 bridgehead atoms. The van der Waals surface area contributed by atoms with E-state index >= 15 is 0 Å². The number of carbonyl (C=O) groups excluding carboxylic acids is 4. The molecule has 24 heavy (non-hydrogen) atoms. The molecule has 0 aromatic rings. The maximum atomic E-state index is 11.6. The number of amides is 3. The van der Waals surface area contributed by atoms with Crippen molar-refractivity contribution < 1.29 is 23.5 Å². The molecule has 0 aliphatic carbocycles. The number of hydrogen-bond acceptors (Lipinski definition) is 5. The number of thioether (sulfide) groups is 1. The summed E-state index contributed by atoms with van der Waals surface area (Å²) in [6.07, 6.45) is 1.08. The highest BCUT2D eigenvalue weighted by atomic mass is 32.2. The molecule has 0 rings (SSSR count). The fourth-order valence-corrected chi connectivity index (χ4v) is 2.32. The Hall–Kier alpha value is -1.57. The van der Waals surface area contributed by atoms with Gasteiger partial charge in [-0.3, -0.25) is 19.2 Å². The summed E-state index contributed by atoms with van der Waals surface area (Å²) in [5.74, 6) is -0.491. The van der Waals surface area contributed by atoms with Crippen molar-refractivity contribution in [1.29, 1.82) is 0 Å². The van der Waals surface area contributed by atoms with Crippen LogP contribution in [-0.2, 0) is 19.2 Å². The van der Waals surface area contributed by atoms with Gasteiger partial charge in [-0.05, 0) is 11.7 Å². The summed E-state index contributed by atoms with van der Waals surface area (Å²) in [7, 11) is 0. The Morgan fingerprint density at radius 3 is 1.88 bits per heavy atom. The third kappa shape index (κ3) is 11.9. The van der Waals surface area contributed by atoms with Gasteiger partial charge in [0.15, 0.2) is 5.78 Å². The molecule has 0 aromatic carbocycles. The molecule has 3 N–H and O–H groups in total. The van der Waals surface area contributed by atoms with E-state index in [0.717, 1.165) is 6.42 Å². The molecule has 0 spiro atoms. The molecule has 0 heterocycles. The van der Waals surface area contributed by atoms with Crippen LogP contribution in [0.3, 0.4) is 0 Å². The maximum absolute atomic E-state index is 11.6. The maximum Gasteiger partial charge on any atom is 0.239 e. The Balaban J connectivity index is -0.000000882. The summed E-state index contributed by atoms with van der Waals surface area (Å²) in [5, 5.41) is 7.83. The monoisotopic (exact) mass is 365 g/mol. The van der Waals surface area contributed by atoms with Crippen molar-refractivity contribution in [3.05, 3.63) is 0 Å². The van der Waals surface area contributed by atoms with Crippen LogP contribution in [0.5, 0.6) is 0 Å². The first-order valence-electron chi connectivity index (χ1n) is 8.20. The van der Waals surface area contributed by atoms with Crippen LogP contribution in [0.2, 0.25) is 0 Å². The van der Waals surface area contributed by atoms with Crippen molar-refractivity contribution in [3.8, 4) is 0 Å². The molecule has 7 nitrogen and oxygen atoms in total. The second-order valence-corrected chi connectivity index (χ2v) is 7.46. The van der Waals surface area contributed by atoms with E-state index in [-0.39, 0.29) is 41.5 Å². The molecule has 0 saturated heterocycles. The SMILES string of the molecule is CCC(C)C(=O)CNC(=O)CNC(=O)CNC(=O)CCSC(C)C.[HH].[HH].[HH]. The van der Waals surface area contributed by atoms with Gasteiger partial charge in [0.1, 0.15) is 0 Å². The number of ketones is 1. The molecule has 0 radical (unpaired) electrons. The topological polar surface area (TPSA) is 104 Å². The second kappa shape index (κ2) is 12.8. The number of carbonyl (C=O) groups is 4. The van der Waals surface area contributed by atoms with E-state index in [1.165, 1.54) is 0 Å². The third-order valence-electron chi connectivity index (χ3n) is 3.29. The van der Waals surface area contributed by atoms with Crippen LogP contribution >= 0.6 is 11.8 Å². The van der Waals surface area contributed by atoms with Crippen LogP contribution in [-0.4, -0.2) is 54.1 Å². The quantitative estimate of drug-likeness (QED) is 0.482. The minimum Gasteiger partial charge on any atom is -0.347 e. The summed E-state index contributed by atoms with van der Waals surface area (Å²) < 4.78 is 0. The van der Waals surface area contributed by atoms with E-state index < -0.39 is 11.8 Å². The Morgan fingerprint density at radius 2 is 1.38 bits per heavy atom. The van der Waals surface area contributed by atoms with Crippen molar-refractivity contribution in [2.24, 2.45) is 5.92 Å². The number of hydrogen-bond donors (Lipinski definition) is 3. The van der Waals surface area contributed by atoms with Gasteiger partial charge in [-0.25, -0.2) is 0 Å². The van der Waals surface area contributed by atoms with E-state index in [0.29, 0.717) is 17.4 Å². The summed E-state index contributed by atoms with van der Waals surface area (Å²) in [5.41, 5.74) is 0. The Kier molecular flexibility index (Phi) is 12.0. The molecule has 0 aromatic heterocycles. The van der Waals surface area contributed by atoms with E-state index in [4.69, 9.17) is 0 Å². The molecule has 0 aliphatic heterocycles. The van der Waals surface area contributed by atoms with E-state index in [1.807, 2.05) is 6.92 Å².